The number of anilines is 1. The number of benzene rings is 2. The number of aryl methyl sites for hydroxylation is 2. The van der Waals surface area contributed by atoms with Gasteiger partial charge >= 0.3 is 0 Å². The number of hydrogen-bond donors (Lipinski definition) is 3. The molecule has 0 saturated carbocycles. The first-order chi connectivity index (χ1) is 27.3. The van der Waals surface area contributed by atoms with Crippen molar-refractivity contribution >= 4 is 96.4 Å². The van der Waals surface area contributed by atoms with Crippen LogP contribution in [0.1, 0.15) is 68.4 Å². The molecule has 19 heteroatoms. The molecule has 2 amide bonds. The maximum atomic E-state index is 12.3. The van der Waals surface area contributed by atoms with Crippen LogP contribution >= 0.6 is 55.1 Å². The molecule has 6 rings (SSSR count). The number of nitrogens with one attached hydrogen (secondary N) is 2. The van der Waals surface area contributed by atoms with E-state index in [4.69, 9.17) is 40.8 Å². The van der Waals surface area contributed by atoms with Crippen molar-refractivity contribution in [3.63, 3.8) is 0 Å². The second-order valence-electron chi connectivity index (χ2n) is 11.4. The van der Waals surface area contributed by atoms with Crippen LogP contribution in [-0.2, 0) is 0 Å². The van der Waals surface area contributed by atoms with Gasteiger partial charge in [0.05, 0.1) is 57.0 Å². The lowest BCUT2D eigenvalue weighted by Crippen LogP contribution is -2.20. The highest BCUT2D eigenvalue weighted by Gasteiger charge is 2.16. The van der Waals surface area contributed by atoms with Crippen molar-refractivity contribution in [1.82, 2.24) is 40.2 Å². The molecule has 2 aromatic carbocycles. The third-order valence-corrected chi connectivity index (χ3v) is 8.98. The Hall–Kier alpha value is -6.24. The Morgan fingerprint density at radius 1 is 0.864 bits per heavy atom. The molecule has 4 heterocycles. The minimum atomic E-state index is -0.316. The summed E-state index contributed by atoms with van der Waals surface area (Å²) < 4.78 is 4.09. The number of aromatic nitrogens is 6. The molecule has 304 valence electrons. The van der Waals surface area contributed by atoms with Crippen LogP contribution < -0.4 is 16.4 Å². The van der Waals surface area contributed by atoms with Gasteiger partial charge in [-0.1, -0.05) is 44.1 Å². The van der Waals surface area contributed by atoms with Crippen LogP contribution in [0.25, 0.3) is 16.5 Å². The van der Waals surface area contributed by atoms with Crippen molar-refractivity contribution in [2.75, 3.05) is 19.8 Å². The van der Waals surface area contributed by atoms with E-state index in [2.05, 4.69) is 72.5 Å². The highest BCUT2D eigenvalue weighted by atomic mass is 79.9. The molecule has 0 radical (unpaired) electrons. The molecule has 0 spiro atoms. The van der Waals surface area contributed by atoms with Gasteiger partial charge in [0, 0.05) is 44.3 Å². The summed E-state index contributed by atoms with van der Waals surface area (Å²) in [4.78, 5) is 50.6. The summed E-state index contributed by atoms with van der Waals surface area (Å²) in [6.07, 6.45) is 5.48. The maximum absolute atomic E-state index is 12.3. The second-order valence-corrected chi connectivity index (χ2v) is 13.8. The third kappa shape index (κ3) is 12.1. The van der Waals surface area contributed by atoms with Gasteiger partial charge in [-0.05, 0) is 99.3 Å². The fourth-order valence-electron chi connectivity index (χ4n) is 4.93. The van der Waals surface area contributed by atoms with E-state index in [1.54, 1.807) is 85.7 Å². The molecule has 0 saturated heterocycles. The monoisotopic (exact) mass is 962 g/mol. The summed E-state index contributed by atoms with van der Waals surface area (Å²) in [5, 5.41) is 23.1. The van der Waals surface area contributed by atoms with E-state index in [-0.39, 0.29) is 26.7 Å². The highest BCUT2D eigenvalue weighted by Crippen LogP contribution is 2.30. The van der Waals surface area contributed by atoms with Crippen LogP contribution in [-0.4, -0.2) is 67.9 Å². The van der Waals surface area contributed by atoms with Gasteiger partial charge in [-0.3, -0.25) is 19.4 Å². The number of nitriles is 1. The Morgan fingerprint density at radius 2 is 1.39 bits per heavy atom. The average molecular weight is 966 g/mol. The Labute approximate surface area is 368 Å². The quantitative estimate of drug-likeness (QED) is 0.0603. The summed E-state index contributed by atoms with van der Waals surface area (Å²) in [6, 6.07) is 18.5. The number of amides is 2. The molecule has 0 bridgehead atoms. The number of halogens is 4. The molecule has 0 aliphatic heterocycles. The van der Waals surface area contributed by atoms with Gasteiger partial charge in [0.2, 0.25) is 0 Å². The zero-order chi connectivity index (χ0) is 41.8. The number of carbonyl (C=O) groups is 3. The van der Waals surface area contributed by atoms with E-state index in [9.17, 15) is 14.4 Å². The molecule has 15 nitrogen and oxygen atoms in total. The molecule has 0 atom stereocenters. The fraction of sp³-hybridized carbons (Fsp3) is 0.150. The zero-order valence-electron chi connectivity index (χ0n) is 30.4. The molecule has 0 unspecified atom stereocenters. The number of hydrogen-bond acceptors (Lipinski definition) is 10. The lowest BCUT2D eigenvalue weighted by atomic mass is 10.0. The molecule has 4 N–H and O–H groups in total. The summed E-state index contributed by atoms with van der Waals surface area (Å²) in [5.41, 5.74) is 10.6. The molecule has 0 aliphatic rings. The minimum absolute atomic E-state index is 0. The largest absolute Gasteiger partial charge is 0.398 e. The minimum Gasteiger partial charge on any atom is -0.398 e. The van der Waals surface area contributed by atoms with Gasteiger partial charge in [0.25, 0.3) is 11.8 Å². The third-order valence-electron chi connectivity index (χ3n) is 7.61. The van der Waals surface area contributed by atoms with E-state index < -0.39 is 0 Å². The molecule has 59 heavy (non-hydrogen) atoms. The van der Waals surface area contributed by atoms with Crippen molar-refractivity contribution in [1.29, 1.82) is 5.26 Å². The second kappa shape index (κ2) is 22.6. The van der Waals surface area contributed by atoms with Gasteiger partial charge in [-0.25, -0.2) is 24.2 Å². The number of nitrogen functional groups attached to an aromatic ring is 1. The van der Waals surface area contributed by atoms with Crippen molar-refractivity contribution in [2.24, 2.45) is 4.99 Å². The van der Waals surface area contributed by atoms with E-state index in [0.29, 0.717) is 87.9 Å². The number of aldehydes is 1. The zero-order valence-corrected chi connectivity index (χ0v) is 35.1. The van der Waals surface area contributed by atoms with Crippen molar-refractivity contribution in [2.45, 2.75) is 28.7 Å². The van der Waals surface area contributed by atoms with Crippen LogP contribution in [0, 0.1) is 31.8 Å². The summed E-state index contributed by atoms with van der Waals surface area (Å²) in [6.45, 7) is 10.8. The van der Waals surface area contributed by atoms with Crippen molar-refractivity contribution in [3.8, 4) is 17.7 Å². The fourth-order valence-corrected chi connectivity index (χ4v) is 6.12. The van der Waals surface area contributed by atoms with Gasteiger partial charge < -0.3 is 16.4 Å². The van der Waals surface area contributed by atoms with Crippen molar-refractivity contribution in [3.05, 3.63) is 143 Å². The first-order valence-corrected chi connectivity index (χ1v) is 18.6. The van der Waals surface area contributed by atoms with Gasteiger partial charge in [0.1, 0.15) is 14.9 Å². The molecule has 6 aromatic rings. The molecule has 4 aromatic heterocycles. The van der Waals surface area contributed by atoms with E-state index in [1.807, 2.05) is 6.07 Å². The number of nitrogens with two attached hydrogens (primary N) is 1. The summed E-state index contributed by atoms with van der Waals surface area (Å²) >= 11 is 18.7. The predicted molar refractivity (Wildman–Crippen MR) is 239 cm³/mol. The van der Waals surface area contributed by atoms with Crippen molar-refractivity contribution < 1.29 is 14.4 Å². The molecular weight excluding hydrogens is 927 g/mol. The Kier molecular flexibility index (Phi) is 18.8. The average Bonchev–Trinajstić information content (AvgIpc) is 3.78. The van der Waals surface area contributed by atoms with E-state index >= 15 is 0 Å². The molecular formula is C40H38Br2Cl2N12O3. The molecule has 0 aliphatic carbocycles. The van der Waals surface area contributed by atoms with E-state index in [0.717, 1.165) is 5.56 Å². The van der Waals surface area contributed by atoms with Crippen LogP contribution in [0.5, 0.6) is 0 Å². The lowest BCUT2D eigenvalue weighted by Gasteiger charge is -2.09. The smallest absolute Gasteiger partial charge is 0.253 e. The molecule has 0 fully saturated rings. The van der Waals surface area contributed by atoms with Crippen LogP contribution in [0.4, 0.5) is 17.1 Å². The van der Waals surface area contributed by atoms with Crippen LogP contribution in [0.3, 0.4) is 0 Å². The topological polar surface area (TPSA) is 203 Å². The lowest BCUT2D eigenvalue weighted by molar-refractivity contribution is 0.0955. The maximum Gasteiger partial charge on any atom is 0.253 e. The van der Waals surface area contributed by atoms with Crippen LogP contribution in [0.2, 0.25) is 10.0 Å². The normalized spacial score (nSPS) is 9.93. The number of rotatable bonds is 7. The Bertz CT molecular complexity index is 2590. The SMILES string of the molecule is C.C.CNC(=O)c1cc(C#N)cc(C)c1N.O=Cc1cc(Br)nn1-c1ncccc1Cl.[C-]#[N+]c1cc(C)c(N=Cc2cc(Br)nn2-c2ncccc2Cl)c(C(=O)NC)c1. The van der Waals surface area contributed by atoms with Gasteiger partial charge in [0.15, 0.2) is 23.6 Å². The first-order valence-electron chi connectivity index (χ1n) is 16.2. The number of pyridine rings is 2. The summed E-state index contributed by atoms with van der Waals surface area (Å²) in [5.74, 6) is 0.306. The van der Waals surface area contributed by atoms with Crippen LogP contribution in [0.15, 0.2) is 87.3 Å². The first kappa shape index (κ1) is 48.9. The predicted octanol–water partition coefficient (Wildman–Crippen LogP) is 9.23. The number of aliphatic imine (C=N–C) groups is 1. The number of nitrogens with zero attached hydrogens (tertiary/aromatic N) is 9. The Balaban J connectivity index is 0.000000328. The van der Waals surface area contributed by atoms with E-state index in [1.165, 1.54) is 30.9 Å². The summed E-state index contributed by atoms with van der Waals surface area (Å²) in [7, 11) is 3.06. The highest BCUT2D eigenvalue weighted by molar-refractivity contribution is 9.10. The number of carbonyl (C=O) groups excluding carboxylic acids is 3. The Morgan fingerprint density at radius 3 is 1.88 bits per heavy atom. The van der Waals surface area contributed by atoms with Gasteiger partial charge in [-0.15, -0.1) is 0 Å². The standard InChI is InChI=1S/C19H14BrClN6O.C10H11N3O.C9H5BrClN3O.2CH4/c1-11-7-12(22-2)8-14(19(28)23-3)17(11)25-10-13-9-16(20)26-27(13)18-15(21)5-4-6-24-18;1-6-3-7(5-11)4-8(9(6)12)10(14)13-2;10-8-4-6(5-15)14(13-8)9-7(11)2-1-3-12-9;;/h4-10H,1,3H3,(H,23,28);3-4H,12H2,1-2H3,(H,13,14);1-5H;2*1H4. The van der Waals surface area contributed by atoms with Gasteiger partial charge in [-0.2, -0.15) is 15.5 Å².